The molecule has 1 saturated carbocycles. The highest BCUT2D eigenvalue weighted by Gasteiger charge is 2.17. The van der Waals surface area contributed by atoms with Gasteiger partial charge < -0.3 is 10.6 Å². The molecule has 0 heterocycles. The average molecular weight is 214 g/mol. The predicted octanol–water partition coefficient (Wildman–Crippen LogP) is 2.30. The molecule has 2 nitrogen and oxygen atoms in total. The van der Waals surface area contributed by atoms with E-state index < -0.39 is 0 Å². The van der Waals surface area contributed by atoms with E-state index in [1.807, 2.05) is 0 Å². The molecule has 82 valence electrons. The van der Waals surface area contributed by atoms with Crippen molar-refractivity contribution in [1.29, 1.82) is 0 Å². The highest BCUT2D eigenvalue weighted by molar-refractivity contribution is 7.80. The van der Waals surface area contributed by atoms with Gasteiger partial charge in [-0.05, 0) is 43.8 Å². The second-order valence-electron chi connectivity index (χ2n) is 4.37. The van der Waals surface area contributed by atoms with Crippen LogP contribution in [0.4, 0.5) is 0 Å². The zero-order valence-corrected chi connectivity index (χ0v) is 10.1. The van der Waals surface area contributed by atoms with E-state index in [9.17, 15) is 0 Å². The third-order valence-electron chi connectivity index (χ3n) is 3.02. The summed E-state index contributed by atoms with van der Waals surface area (Å²) >= 11 is 5.12. The fourth-order valence-electron chi connectivity index (χ4n) is 1.99. The quantitative estimate of drug-likeness (QED) is 0.705. The number of nitrogens with one attached hydrogen (secondary N) is 2. The Morgan fingerprint density at radius 3 is 2.43 bits per heavy atom. The van der Waals surface area contributed by atoms with Crippen LogP contribution < -0.4 is 10.6 Å². The highest BCUT2D eigenvalue weighted by atomic mass is 32.1. The van der Waals surface area contributed by atoms with Gasteiger partial charge in [0.05, 0.1) is 0 Å². The maximum atomic E-state index is 5.12. The van der Waals surface area contributed by atoms with Crippen LogP contribution in [-0.4, -0.2) is 18.2 Å². The number of hydrogen-bond acceptors (Lipinski definition) is 1. The van der Waals surface area contributed by atoms with E-state index in [0.29, 0.717) is 0 Å². The summed E-state index contributed by atoms with van der Waals surface area (Å²) in [5.41, 5.74) is 0. The second kappa shape index (κ2) is 6.23. The zero-order chi connectivity index (χ0) is 10.4. The molecule has 0 saturated heterocycles. The van der Waals surface area contributed by atoms with E-state index in [1.54, 1.807) is 0 Å². The van der Waals surface area contributed by atoms with Gasteiger partial charge in [0.1, 0.15) is 0 Å². The van der Waals surface area contributed by atoms with E-state index in [0.717, 1.165) is 30.0 Å². The maximum absolute atomic E-state index is 5.12. The summed E-state index contributed by atoms with van der Waals surface area (Å²) in [6.45, 7) is 6.38. The normalized spacial score (nSPS) is 27.0. The average Bonchev–Trinajstić information content (AvgIpc) is 2.17. The molecule has 0 aromatic heterocycles. The van der Waals surface area contributed by atoms with Gasteiger partial charge in [0.25, 0.3) is 0 Å². The van der Waals surface area contributed by atoms with Gasteiger partial charge >= 0.3 is 0 Å². The molecule has 1 fully saturated rings. The Morgan fingerprint density at radius 1 is 1.21 bits per heavy atom. The minimum atomic E-state index is 0.811. The molecule has 0 atom stereocenters. The summed E-state index contributed by atoms with van der Waals surface area (Å²) in [6.07, 6.45) is 5.51. The summed E-state index contributed by atoms with van der Waals surface area (Å²) in [4.78, 5) is 0. The lowest BCUT2D eigenvalue weighted by atomic mass is 9.83. The largest absolute Gasteiger partial charge is 0.363 e. The SMILES string of the molecule is CCNC(=S)NCC1CCC(C)CC1. The first kappa shape index (κ1) is 11.8. The van der Waals surface area contributed by atoms with Crippen molar-refractivity contribution in [3.05, 3.63) is 0 Å². The van der Waals surface area contributed by atoms with Gasteiger partial charge in [0, 0.05) is 13.1 Å². The molecule has 0 bridgehead atoms. The molecular formula is C11H22N2S. The van der Waals surface area contributed by atoms with Crippen LogP contribution in [0.5, 0.6) is 0 Å². The van der Waals surface area contributed by atoms with Crippen LogP contribution in [0, 0.1) is 11.8 Å². The first-order valence-electron chi connectivity index (χ1n) is 5.74. The first-order chi connectivity index (χ1) is 6.72. The Morgan fingerprint density at radius 2 is 1.86 bits per heavy atom. The summed E-state index contributed by atoms with van der Waals surface area (Å²) in [5.74, 6) is 1.77. The topological polar surface area (TPSA) is 24.1 Å². The molecule has 1 aliphatic rings. The third-order valence-corrected chi connectivity index (χ3v) is 3.31. The van der Waals surface area contributed by atoms with Crippen LogP contribution >= 0.6 is 12.2 Å². The zero-order valence-electron chi connectivity index (χ0n) is 9.31. The van der Waals surface area contributed by atoms with Gasteiger partial charge in [-0.25, -0.2) is 0 Å². The second-order valence-corrected chi connectivity index (χ2v) is 4.77. The summed E-state index contributed by atoms with van der Waals surface area (Å²) < 4.78 is 0. The molecule has 0 aromatic carbocycles. The Bertz CT molecular complexity index is 174. The van der Waals surface area contributed by atoms with Crippen molar-refractivity contribution in [1.82, 2.24) is 10.6 Å². The van der Waals surface area contributed by atoms with Crippen molar-refractivity contribution < 1.29 is 0 Å². The minimum Gasteiger partial charge on any atom is -0.363 e. The Labute approximate surface area is 92.8 Å². The van der Waals surface area contributed by atoms with Gasteiger partial charge in [0.2, 0.25) is 0 Å². The summed E-state index contributed by atoms with van der Waals surface area (Å²) in [7, 11) is 0. The molecule has 1 rings (SSSR count). The fraction of sp³-hybridized carbons (Fsp3) is 0.909. The molecule has 0 aliphatic heterocycles. The molecular weight excluding hydrogens is 192 g/mol. The maximum Gasteiger partial charge on any atom is 0.166 e. The van der Waals surface area contributed by atoms with Crippen LogP contribution in [0.15, 0.2) is 0 Å². The number of rotatable bonds is 3. The van der Waals surface area contributed by atoms with Gasteiger partial charge in [-0.3, -0.25) is 0 Å². The van der Waals surface area contributed by atoms with E-state index in [1.165, 1.54) is 25.7 Å². The van der Waals surface area contributed by atoms with E-state index >= 15 is 0 Å². The van der Waals surface area contributed by atoms with Crippen LogP contribution in [0.25, 0.3) is 0 Å². The highest BCUT2D eigenvalue weighted by Crippen LogP contribution is 2.27. The van der Waals surface area contributed by atoms with Crippen molar-refractivity contribution in [2.24, 2.45) is 11.8 Å². The summed E-state index contributed by atoms with van der Waals surface area (Å²) in [6, 6.07) is 0. The van der Waals surface area contributed by atoms with Gasteiger partial charge in [-0.15, -0.1) is 0 Å². The summed E-state index contributed by atoms with van der Waals surface area (Å²) in [5, 5.41) is 7.21. The molecule has 0 radical (unpaired) electrons. The number of thiocarbonyl (C=S) groups is 1. The van der Waals surface area contributed by atoms with E-state index in [-0.39, 0.29) is 0 Å². The first-order valence-corrected chi connectivity index (χ1v) is 6.15. The van der Waals surface area contributed by atoms with Gasteiger partial charge in [-0.1, -0.05) is 19.8 Å². The van der Waals surface area contributed by atoms with Crippen LogP contribution in [0.1, 0.15) is 39.5 Å². The minimum absolute atomic E-state index is 0.811. The molecule has 0 aromatic rings. The predicted molar refractivity (Wildman–Crippen MR) is 65.4 cm³/mol. The molecule has 0 spiro atoms. The fourth-order valence-corrected chi connectivity index (χ4v) is 2.22. The lowest BCUT2D eigenvalue weighted by molar-refractivity contribution is 0.290. The lowest BCUT2D eigenvalue weighted by Crippen LogP contribution is -2.38. The smallest absolute Gasteiger partial charge is 0.166 e. The van der Waals surface area contributed by atoms with Crippen molar-refractivity contribution in [3.8, 4) is 0 Å². The molecule has 2 N–H and O–H groups in total. The Kier molecular flexibility index (Phi) is 5.23. The third kappa shape index (κ3) is 4.27. The molecule has 3 heteroatoms. The lowest BCUT2D eigenvalue weighted by Gasteiger charge is -2.26. The van der Waals surface area contributed by atoms with Crippen molar-refractivity contribution >= 4 is 17.3 Å². The molecule has 1 aliphatic carbocycles. The van der Waals surface area contributed by atoms with E-state index in [2.05, 4.69) is 24.5 Å². The van der Waals surface area contributed by atoms with Crippen molar-refractivity contribution in [2.75, 3.05) is 13.1 Å². The van der Waals surface area contributed by atoms with Crippen LogP contribution in [0.2, 0.25) is 0 Å². The van der Waals surface area contributed by atoms with Crippen LogP contribution in [-0.2, 0) is 0 Å². The number of hydrogen-bond donors (Lipinski definition) is 2. The molecule has 0 unspecified atom stereocenters. The van der Waals surface area contributed by atoms with Gasteiger partial charge in [-0.2, -0.15) is 0 Å². The monoisotopic (exact) mass is 214 g/mol. The van der Waals surface area contributed by atoms with E-state index in [4.69, 9.17) is 12.2 Å². The Balaban J connectivity index is 2.09. The van der Waals surface area contributed by atoms with Crippen LogP contribution in [0.3, 0.4) is 0 Å². The molecule has 0 amide bonds. The Hall–Kier alpha value is -0.310. The van der Waals surface area contributed by atoms with Crippen molar-refractivity contribution in [3.63, 3.8) is 0 Å². The molecule has 14 heavy (non-hydrogen) atoms. The van der Waals surface area contributed by atoms with Crippen molar-refractivity contribution in [2.45, 2.75) is 39.5 Å². The standard InChI is InChI=1S/C11H22N2S/c1-3-12-11(14)13-8-10-6-4-9(2)5-7-10/h9-10H,3-8H2,1-2H3,(H2,12,13,14). The van der Waals surface area contributed by atoms with Gasteiger partial charge in [0.15, 0.2) is 5.11 Å².